The summed E-state index contributed by atoms with van der Waals surface area (Å²) in [6.45, 7) is 1.39. The summed E-state index contributed by atoms with van der Waals surface area (Å²) in [4.78, 5) is 18.3. The lowest BCUT2D eigenvalue weighted by molar-refractivity contribution is 0.291. The summed E-state index contributed by atoms with van der Waals surface area (Å²) in [6, 6.07) is 8.03. The molecule has 2 N–H and O–H groups in total. The van der Waals surface area contributed by atoms with Crippen molar-refractivity contribution < 1.29 is 9.13 Å². The van der Waals surface area contributed by atoms with E-state index in [1.165, 1.54) is 18.2 Å². The van der Waals surface area contributed by atoms with Crippen LogP contribution in [0.25, 0.3) is 0 Å². The van der Waals surface area contributed by atoms with Crippen LogP contribution >= 0.6 is 0 Å². The highest BCUT2D eigenvalue weighted by molar-refractivity contribution is 5.48. The molecule has 128 valence electrons. The number of nitrogens with two attached hydrogens (primary N) is 1. The fourth-order valence-electron chi connectivity index (χ4n) is 3.48. The zero-order chi connectivity index (χ0) is 17.6. The van der Waals surface area contributed by atoms with E-state index in [1.807, 2.05) is 0 Å². The van der Waals surface area contributed by atoms with Crippen LogP contribution in [0.4, 0.5) is 10.2 Å². The van der Waals surface area contributed by atoms with E-state index in [4.69, 9.17) is 15.7 Å². The summed E-state index contributed by atoms with van der Waals surface area (Å²) in [7, 11) is 0. The van der Waals surface area contributed by atoms with E-state index in [-0.39, 0.29) is 35.8 Å². The van der Waals surface area contributed by atoms with E-state index in [2.05, 4.69) is 9.88 Å². The van der Waals surface area contributed by atoms with Crippen molar-refractivity contribution in [1.29, 1.82) is 5.26 Å². The lowest BCUT2D eigenvalue weighted by Gasteiger charge is -2.17. The Labute approximate surface area is 143 Å². The summed E-state index contributed by atoms with van der Waals surface area (Å²) in [6.07, 6.45) is 0.851. The number of aromatic nitrogens is 2. The molecule has 8 heteroatoms. The molecule has 0 amide bonds. The number of nitriles is 1. The molecule has 25 heavy (non-hydrogen) atoms. The summed E-state index contributed by atoms with van der Waals surface area (Å²) >= 11 is 0. The second-order valence-electron chi connectivity index (χ2n) is 6.36. The number of anilines is 1. The monoisotopic (exact) mass is 341 g/mol. The first-order valence-corrected chi connectivity index (χ1v) is 8.00. The third-order valence-electron chi connectivity index (χ3n) is 4.64. The molecule has 3 heterocycles. The van der Waals surface area contributed by atoms with Gasteiger partial charge >= 0.3 is 5.69 Å². The van der Waals surface area contributed by atoms with Gasteiger partial charge in [0.05, 0.1) is 11.6 Å². The van der Waals surface area contributed by atoms with E-state index in [9.17, 15) is 9.18 Å². The number of halogens is 1. The number of hydrogen-bond acceptors (Lipinski definition) is 6. The van der Waals surface area contributed by atoms with Gasteiger partial charge in [-0.15, -0.1) is 0 Å². The number of fused-ring (bicyclic) bond motifs is 3. The predicted octanol–water partition coefficient (Wildman–Crippen LogP) is 0.753. The highest BCUT2D eigenvalue weighted by Gasteiger charge is 2.38. The first-order valence-electron chi connectivity index (χ1n) is 8.00. The average Bonchev–Trinajstić information content (AvgIpc) is 3.11. The Morgan fingerprint density at radius 1 is 1.40 bits per heavy atom. The van der Waals surface area contributed by atoms with Gasteiger partial charge in [-0.1, -0.05) is 6.07 Å². The highest BCUT2D eigenvalue weighted by atomic mass is 19.1. The number of nitrogens with zero attached hydrogens (tertiary/aromatic N) is 4. The van der Waals surface area contributed by atoms with Gasteiger partial charge in [0.25, 0.3) is 0 Å². The van der Waals surface area contributed by atoms with Gasteiger partial charge in [0.2, 0.25) is 5.88 Å². The van der Waals surface area contributed by atoms with Gasteiger partial charge in [-0.2, -0.15) is 10.2 Å². The van der Waals surface area contributed by atoms with Crippen molar-refractivity contribution in [3.8, 4) is 11.9 Å². The van der Waals surface area contributed by atoms with Crippen LogP contribution in [0, 0.1) is 17.1 Å². The normalized spacial score (nSPS) is 20.9. The molecule has 2 aromatic rings. The average molecular weight is 341 g/mol. The first-order chi connectivity index (χ1) is 12.0. The maximum Gasteiger partial charge on any atom is 0.352 e. The number of rotatable bonds is 3. The van der Waals surface area contributed by atoms with Crippen molar-refractivity contribution >= 4 is 5.82 Å². The Morgan fingerprint density at radius 3 is 3.04 bits per heavy atom. The van der Waals surface area contributed by atoms with Gasteiger partial charge in [0, 0.05) is 25.2 Å². The van der Waals surface area contributed by atoms with E-state index >= 15 is 0 Å². The minimum atomic E-state index is -0.573. The van der Waals surface area contributed by atoms with Crippen molar-refractivity contribution in [2.24, 2.45) is 5.73 Å². The number of benzene rings is 1. The van der Waals surface area contributed by atoms with E-state index < -0.39 is 5.82 Å². The molecule has 4 rings (SSSR count). The van der Waals surface area contributed by atoms with Crippen LogP contribution in [-0.2, 0) is 13.2 Å². The van der Waals surface area contributed by atoms with Crippen molar-refractivity contribution in [3.05, 3.63) is 51.7 Å². The van der Waals surface area contributed by atoms with Gasteiger partial charge in [0.15, 0.2) is 0 Å². The third kappa shape index (κ3) is 2.72. The highest BCUT2D eigenvalue weighted by Crippen LogP contribution is 2.32. The standard InChI is InChI=1S/C17H16FN5O2/c18-14-2-1-10(3-11(14)6-19)9-25-15-5-16-22-7-12(20)4-13(22)8-23(16)17(24)21-15/h1-3,5,12-13H,4,7-9,20H2/t12-,13-/m0/s1. The molecule has 2 atom stereocenters. The molecule has 7 nitrogen and oxygen atoms in total. The van der Waals surface area contributed by atoms with Crippen LogP contribution in [0.3, 0.4) is 0 Å². The molecular formula is C17H16FN5O2. The van der Waals surface area contributed by atoms with Gasteiger partial charge < -0.3 is 15.4 Å². The Bertz CT molecular complexity index is 936. The summed E-state index contributed by atoms with van der Waals surface area (Å²) in [5.41, 5.74) is 6.23. The Hall–Kier alpha value is -2.92. The van der Waals surface area contributed by atoms with Crippen LogP contribution in [0.1, 0.15) is 17.5 Å². The van der Waals surface area contributed by atoms with Gasteiger partial charge in [-0.05, 0) is 24.1 Å². The molecule has 1 fully saturated rings. The molecule has 0 unspecified atom stereocenters. The third-order valence-corrected chi connectivity index (χ3v) is 4.64. The van der Waals surface area contributed by atoms with Crippen LogP contribution < -0.4 is 21.1 Å². The molecule has 2 aliphatic heterocycles. The Kier molecular flexibility index (Phi) is 3.66. The van der Waals surface area contributed by atoms with E-state index in [0.29, 0.717) is 18.7 Å². The van der Waals surface area contributed by atoms with E-state index in [1.54, 1.807) is 16.7 Å². The summed E-state index contributed by atoms with van der Waals surface area (Å²) in [5, 5.41) is 8.88. The van der Waals surface area contributed by atoms with Crippen LogP contribution in [0.5, 0.6) is 5.88 Å². The maximum atomic E-state index is 13.4. The number of hydrogen-bond donors (Lipinski definition) is 1. The van der Waals surface area contributed by atoms with Crippen LogP contribution in [0.15, 0.2) is 29.1 Å². The van der Waals surface area contributed by atoms with Crippen molar-refractivity contribution in [3.63, 3.8) is 0 Å². The molecule has 1 saturated heterocycles. The molecule has 1 aromatic heterocycles. The largest absolute Gasteiger partial charge is 0.473 e. The molecule has 0 saturated carbocycles. The summed E-state index contributed by atoms with van der Waals surface area (Å²) in [5.74, 6) is 0.404. The lowest BCUT2D eigenvalue weighted by atomic mass is 10.1. The molecule has 0 radical (unpaired) electrons. The van der Waals surface area contributed by atoms with E-state index in [0.717, 1.165) is 12.2 Å². The molecule has 0 bridgehead atoms. The first kappa shape index (κ1) is 15.6. The smallest absolute Gasteiger partial charge is 0.352 e. The van der Waals surface area contributed by atoms with Crippen LogP contribution in [-0.4, -0.2) is 28.2 Å². The Morgan fingerprint density at radius 2 is 2.24 bits per heavy atom. The molecule has 2 aliphatic rings. The second kappa shape index (κ2) is 5.86. The second-order valence-corrected chi connectivity index (χ2v) is 6.36. The molecule has 0 aliphatic carbocycles. The minimum Gasteiger partial charge on any atom is -0.473 e. The van der Waals surface area contributed by atoms with Gasteiger partial charge in [-0.3, -0.25) is 4.57 Å². The minimum absolute atomic E-state index is 0.0445. The van der Waals surface area contributed by atoms with Crippen molar-refractivity contribution in [1.82, 2.24) is 9.55 Å². The fraction of sp³-hybridized carbons (Fsp3) is 0.353. The lowest BCUT2D eigenvalue weighted by Crippen LogP contribution is -2.28. The molecule has 0 spiro atoms. The quantitative estimate of drug-likeness (QED) is 0.885. The zero-order valence-electron chi connectivity index (χ0n) is 13.4. The summed E-state index contributed by atoms with van der Waals surface area (Å²) < 4.78 is 20.6. The van der Waals surface area contributed by atoms with Crippen molar-refractivity contribution in [2.45, 2.75) is 31.7 Å². The fourth-order valence-corrected chi connectivity index (χ4v) is 3.48. The predicted molar refractivity (Wildman–Crippen MR) is 87.7 cm³/mol. The van der Waals surface area contributed by atoms with Crippen LogP contribution in [0.2, 0.25) is 0 Å². The molecular weight excluding hydrogens is 325 g/mol. The van der Waals surface area contributed by atoms with Gasteiger partial charge in [-0.25, -0.2) is 9.18 Å². The van der Waals surface area contributed by atoms with Gasteiger partial charge in [0.1, 0.15) is 24.3 Å². The van der Waals surface area contributed by atoms with Crippen molar-refractivity contribution in [2.75, 3.05) is 11.4 Å². The Balaban J connectivity index is 1.56. The molecule has 1 aromatic carbocycles. The zero-order valence-corrected chi connectivity index (χ0v) is 13.4. The topological polar surface area (TPSA) is 97.2 Å². The number of ether oxygens (including phenoxy) is 1. The SMILES string of the molecule is N#Cc1cc(COc2cc3n(c(=O)n2)C[C@@H]2C[C@H](N)CN32)ccc1F. The maximum absolute atomic E-state index is 13.4.